The predicted molar refractivity (Wildman–Crippen MR) is 103 cm³/mol. The van der Waals surface area contributed by atoms with Crippen LogP contribution in [0.5, 0.6) is 5.75 Å². The first-order valence-corrected chi connectivity index (χ1v) is 8.34. The van der Waals surface area contributed by atoms with Crippen LogP contribution in [0.4, 0.5) is 16.2 Å². The number of aromatic nitrogens is 2. The molecule has 2 amide bonds. The first kappa shape index (κ1) is 17.5. The fourth-order valence-electron chi connectivity index (χ4n) is 2.63. The first-order chi connectivity index (χ1) is 12.5. The van der Waals surface area contributed by atoms with Crippen LogP contribution >= 0.6 is 0 Å². The van der Waals surface area contributed by atoms with Crippen LogP contribution in [0.1, 0.15) is 16.7 Å². The lowest BCUT2D eigenvalue weighted by Gasteiger charge is -2.09. The van der Waals surface area contributed by atoms with Gasteiger partial charge in [-0.3, -0.25) is 4.68 Å². The van der Waals surface area contributed by atoms with E-state index >= 15 is 0 Å². The Morgan fingerprint density at radius 1 is 1.15 bits per heavy atom. The SMILES string of the molecule is COc1cccc(Cn2cc(NC(=O)Nc3cc(C)ccc3C)cn2)c1. The summed E-state index contributed by atoms with van der Waals surface area (Å²) >= 11 is 0. The molecule has 0 fully saturated rings. The third-order valence-electron chi connectivity index (χ3n) is 4.01. The van der Waals surface area contributed by atoms with E-state index in [0.29, 0.717) is 12.2 Å². The third-order valence-corrected chi connectivity index (χ3v) is 4.01. The van der Waals surface area contributed by atoms with Gasteiger partial charge in [-0.25, -0.2) is 4.79 Å². The molecule has 0 saturated heterocycles. The van der Waals surface area contributed by atoms with Crippen molar-refractivity contribution in [2.75, 3.05) is 17.7 Å². The zero-order valence-corrected chi connectivity index (χ0v) is 15.1. The van der Waals surface area contributed by atoms with Crippen LogP contribution in [-0.2, 0) is 6.54 Å². The van der Waals surface area contributed by atoms with Gasteiger partial charge in [0.1, 0.15) is 5.75 Å². The molecule has 0 atom stereocenters. The molecule has 0 radical (unpaired) electrons. The normalized spacial score (nSPS) is 10.4. The molecule has 2 N–H and O–H groups in total. The van der Waals surface area contributed by atoms with E-state index < -0.39 is 0 Å². The lowest BCUT2D eigenvalue weighted by Crippen LogP contribution is -2.19. The van der Waals surface area contributed by atoms with Crippen LogP contribution in [0.2, 0.25) is 0 Å². The monoisotopic (exact) mass is 350 g/mol. The number of carbonyl (C=O) groups is 1. The summed E-state index contributed by atoms with van der Waals surface area (Å²) in [6.45, 7) is 4.55. The number of ether oxygens (including phenoxy) is 1. The van der Waals surface area contributed by atoms with Crippen molar-refractivity contribution in [1.29, 1.82) is 0 Å². The van der Waals surface area contributed by atoms with Gasteiger partial charge in [0.15, 0.2) is 0 Å². The summed E-state index contributed by atoms with van der Waals surface area (Å²) < 4.78 is 7.00. The van der Waals surface area contributed by atoms with Gasteiger partial charge in [-0.05, 0) is 48.7 Å². The second kappa shape index (κ2) is 7.74. The number of amides is 2. The zero-order valence-electron chi connectivity index (χ0n) is 15.1. The van der Waals surface area contributed by atoms with Gasteiger partial charge in [-0.2, -0.15) is 5.10 Å². The molecule has 2 aromatic carbocycles. The van der Waals surface area contributed by atoms with Crippen LogP contribution in [0.3, 0.4) is 0 Å². The number of methoxy groups -OCH3 is 1. The van der Waals surface area contributed by atoms with Crippen molar-refractivity contribution in [2.24, 2.45) is 0 Å². The summed E-state index contributed by atoms with van der Waals surface area (Å²) in [4.78, 5) is 12.2. The Labute approximate surface area is 152 Å². The summed E-state index contributed by atoms with van der Waals surface area (Å²) in [5, 5.41) is 9.97. The second-order valence-corrected chi connectivity index (χ2v) is 6.18. The molecule has 3 aromatic rings. The topological polar surface area (TPSA) is 68.2 Å². The molecule has 0 saturated carbocycles. The average molecular weight is 350 g/mol. The molecule has 0 aliphatic heterocycles. The number of urea groups is 1. The maximum atomic E-state index is 12.2. The van der Waals surface area contributed by atoms with E-state index in [1.807, 2.05) is 56.3 Å². The molecule has 1 heterocycles. The summed E-state index contributed by atoms with van der Waals surface area (Å²) in [7, 11) is 1.64. The average Bonchev–Trinajstić information content (AvgIpc) is 3.05. The Bertz CT molecular complexity index is 918. The molecule has 26 heavy (non-hydrogen) atoms. The number of hydrogen-bond acceptors (Lipinski definition) is 3. The Morgan fingerprint density at radius 2 is 2.00 bits per heavy atom. The van der Waals surface area contributed by atoms with Crippen LogP contribution in [0, 0.1) is 13.8 Å². The highest BCUT2D eigenvalue weighted by atomic mass is 16.5. The van der Waals surface area contributed by atoms with Crippen LogP contribution in [-0.4, -0.2) is 22.9 Å². The van der Waals surface area contributed by atoms with Crippen LogP contribution < -0.4 is 15.4 Å². The van der Waals surface area contributed by atoms with Crippen molar-refractivity contribution in [3.05, 3.63) is 71.5 Å². The zero-order chi connectivity index (χ0) is 18.5. The Hall–Kier alpha value is -3.28. The molecule has 0 aliphatic rings. The minimum absolute atomic E-state index is 0.292. The van der Waals surface area contributed by atoms with Gasteiger partial charge in [-0.15, -0.1) is 0 Å². The molecule has 0 bridgehead atoms. The van der Waals surface area contributed by atoms with Gasteiger partial charge in [0, 0.05) is 11.9 Å². The van der Waals surface area contributed by atoms with Gasteiger partial charge in [0.25, 0.3) is 0 Å². The Morgan fingerprint density at radius 3 is 2.81 bits per heavy atom. The standard InChI is InChI=1S/C20H22N4O2/c1-14-7-8-15(2)19(9-14)23-20(25)22-17-11-21-24(13-17)12-16-5-4-6-18(10-16)26-3/h4-11,13H,12H2,1-3H3,(H2,22,23,25). The number of nitrogens with zero attached hydrogens (tertiary/aromatic N) is 2. The van der Waals surface area contributed by atoms with Crippen molar-refractivity contribution in [3.63, 3.8) is 0 Å². The van der Waals surface area contributed by atoms with Crippen LogP contribution in [0.25, 0.3) is 0 Å². The van der Waals surface area contributed by atoms with E-state index in [-0.39, 0.29) is 6.03 Å². The molecule has 134 valence electrons. The lowest BCUT2D eigenvalue weighted by atomic mass is 10.1. The molecule has 6 heteroatoms. The van der Waals surface area contributed by atoms with E-state index in [1.165, 1.54) is 0 Å². The summed E-state index contributed by atoms with van der Waals surface area (Å²) in [6, 6.07) is 13.5. The molecule has 1 aromatic heterocycles. The maximum Gasteiger partial charge on any atom is 0.323 e. The van der Waals surface area contributed by atoms with E-state index in [1.54, 1.807) is 24.2 Å². The number of aryl methyl sites for hydroxylation is 2. The van der Waals surface area contributed by atoms with Gasteiger partial charge >= 0.3 is 6.03 Å². The molecule has 6 nitrogen and oxygen atoms in total. The van der Waals surface area contributed by atoms with Gasteiger partial charge in [0.05, 0.1) is 25.5 Å². The quantitative estimate of drug-likeness (QED) is 0.724. The Balaban J connectivity index is 1.62. The summed E-state index contributed by atoms with van der Waals surface area (Å²) in [5.41, 5.74) is 4.61. The van der Waals surface area contributed by atoms with E-state index in [2.05, 4.69) is 15.7 Å². The number of anilines is 2. The second-order valence-electron chi connectivity index (χ2n) is 6.18. The van der Waals surface area contributed by atoms with Gasteiger partial charge in [-0.1, -0.05) is 24.3 Å². The number of rotatable bonds is 5. The molecular formula is C20H22N4O2. The summed E-state index contributed by atoms with van der Waals surface area (Å²) in [6.07, 6.45) is 3.42. The van der Waals surface area contributed by atoms with Gasteiger partial charge < -0.3 is 15.4 Å². The third kappa shape index (κ3) is 4.42. The van der Waals surface area contributed by atoms with Crippen LogP contribution in [0.15, 0.2) is 54.9 Å². The van der Waals surface area contributed by atoms with Crippen molar-refractivity contribution in [1.82, 2.24) is 9.78 Å². The van der Waals surface area contributed by atoms with Gasteiger partial charge in [0.2, 0.25) is 0 Å². The maximum absolute atomic E-state index is 12.2. The predicted octanol–water partition coefficient (Wildman–Crippen LogP) is 4.20. The first-order valence-electron chi connectivity index (χ1n) is 8.34. The fraction of sp³-hybridized carbons (Fsp3) is 0.200. The lowest BCUT2D eigenvalue weighted by molar-refractivity contribution is 0.262. The van der Waals surface area contributed by atoms with E-state index in [4.69, 9.17) is 4.74 Å². The number of carbonyl (C=O) groups excluding carboxylic acids is 1. The van der Waals surface area contributed by atoms with E-state index in [0.717, 1.165) is 28.1 Å². The van der Waals surface area contributed by atoms with E-state index in [9.17, 15) is 4.79 Å². The number of benzene rings is 2. The molecule has 0 aliphatic carbocycles. The Kier molecular flexibility index (Phi) is 5.22. The molecule has 0 spiro atoms. The highest BCUT2D eigenvalue weighted by Crippen LogP contribution is 2.17. The largest absolute Gasteiger partial charge is 0.497 e. The van der Waals surface area contributed by atoms with Crippen molar-refractivity contribution >= 4 is 17.4 Å². The highest BCUT2D eigenvalue weighted by molar-refractivity contribution is 6.00. The fourth-order valence-corrected chi connectivity index (χ4v) is 2.63. The minimum Gasteiger partial charge on any atom is -0.497 e. The van der Waals surface area contributed by atoms with Crippen molar-refractivity contribution in [3.8, 4) is 5.75 Å². The number of hydrogen-bond donors (Lipinski definition) is 2. The van der Waals surface area contributed by atoms with Crippen molar-refractivity contribution in [2.45, 2.75) is 20.4 Å². The molecule has 0 unspecified atom stereocenters. The smallest absolute Gasteiger partial charge is 0.323 e. The summed E-state index contributed by atoms with van der Waals surface area (Å²) in [5.74, 6) is 0.806. The molecular weight excluding hydrogens is 328 g/mol. The molecule has 3 rings (SSSR count). The van der Waals surface area contributed by atoms with Crippen molar-refractivity contribution < 1.29 is 9.53 Å². The highest BCUT2D eigenvalue weighted by Gasteiger charge is 2.07. The minimum atomic E-state index is -0.292. The number of nitrogens with one attached hydrogen (secondary N) is 2.